The second kappa shape index (κ2) is 4.48. The Bertz CT molecular complexity index is 378. The second-order valence-electron chi connectivity index (χ2n) is 3.87. The van der Waals surface area contributed by atoms with Crippen molar-refractivity contribution in [3.8, 4) is 0 Å². The van der Waals surface area contributed by atoms with Crippen molar-refractivity contribution in [2.45, 2.75) is 19.4 Å². The fraction of sp³-hybridized carbons (Fsp3) is 0.667. The predicted molar refractivity (Wildman–Crippen MR) is 56.3 cm³/mol. The van der Waals surface area contributed by atoms with Gasteiger partial charge >= 0.3 is 6.01 Å². The molecule has 7 heteroatoms. The number of amides is 1. The minimum atomic E-state index is -0.275. The van der Waals surface area contributed by atoms with E-state index in [0.717, 1.165) is 19.4 Å². The number of hydrogen-bond acceptors (Lipinski definition) is 6. The topological polar surface area (TPSA) is 111 Å². The van der Waals surface area contributed by atoms with Crippen molar-refractivity contribution in [1.82, 2.24) is 10.2 Å². The first-order valence-electron chi connectivity index (χ1n) is 5.27. The van der Waals surface area contributed by atoms with Crippen LogP contribution in [0.1, 0.15) is 18.7 Å². The van der Waals surface area contributed by atoms with E-state index in [-0.39, 0.29) is 18.4 Å². The standard InChI is InChI=1S/C9H15N5O2/c10-4-7-12-13-9(16-7)14-3-1-2-6(5-14)8(11)15/h6H,1-5,10H2,(H2,11,15). The second-order valence-corrected chi connectivity index (χ2v) is 3.87. The van der Waals surface area contributed by atoms with Gasteiger partial charge in [0.15, 0.2) is 0 Å². The molecule has 1 unspecified atom stereocenters. The van der Waals surface area contributed by atoms with Crippen molar-refractivity contribution in [3.63, 3.8) is 0 Å². The average Bonchev–Trinajstić information content (AvgIpc) is 2.77. The summed E-state index contributed by atoms with van der Waals surface area (Å²) in [5.74, 6) is -0.0126. The molecule has 1 amide bonds. The predicted octanol–water partition coefficient (Wildman–Crippen LogP) is -0.770. The van der Waals surface area contributed by atoms with Crippen LogP contribution in [0.3, 0.4) is 0 Å². The molecule has 2 heterocycles. The van der Waals surface area contributed by atoms with Gasteiger partial charge in [0.1, 0.15) is 0 Å². The van der Waals surface area contributed by atoms with Crippen LogP contribution < -0.4 is 16.4 Å². The van der Waals surface area contributed by atoms with Crippen LogP contribution in [0.5, 0.6) is 0 Å². The molecule has 4 N–H and O–H groups in total. The van der Waals surface area contributed by atoms with Gasteiger partial charge in [0.25, 0.3) is 0 Å². The summed E-state index contributed by atoms with van der Waals surface area (Å²) in [5.41, 5.74) is 10.7. The lowest BCUT2D eigenvalue weighted by atomic mass is 9.98. The van der Waals surface area contributed by atoms with Gasteiger partial charge in [0.2, 0.25) is 11.8 Å². The first kappa shape index (κ1) is 10.9. The fourth-order valence-electron chi connectivity index (χ4n) is 1.84. The molecule has 1 aliphatic rings. The minimum absolute atomic E-state index is 0.137. The van der Waals surface area contributed by atoms with Crippen molar-refractivity contribution >= 4 is 11.9 Å². The quantitative estimate of drug-likeness (QED) is 0.698. The van der Waals surface area contributed by atoms with E-state index in [1.54, 1.807) is 0 Å². The van der Waals surface area contributed by atoms with Crippen LogP contribution in [-0.4, -0.2) is 29.2 Å². The molecule has 1 atom stereocenters. The molecule has 0 bridgehead atoms. The van der Waals surface area contributed by atoms with E-state index in [1.165, 1.54) is 0 Å². The van der Waals surface area contributed by atoms with E-state index >= 15 is 0 Å². The lowest BCUT2D eigenvalue weighted by molar-refractivity contribution is -0.122. The van der Waals surface area contributed by atoms with Crippen molar-refractivity contribution < 1.29 is 9.21 Å². The summed E-state index contributed by atoms with van der Waals surface area (Å²) in [6.45, 7) is 1.57. The van der Waals surface area contributed by atoms with Gasteiger partial charge in [-0.05, 0) is 12.8 Å². The summed E-state index contributed by atoms with van der Waals surface area (Å²) in [5, 5.41) is 7.66. The maximum absolute atomic E-state index is 11.1. The Hall–Kier alpha value is -1.63. The zero-order valence-corrected chi connectivity index (χ0v) is 8.93. The van der Waals surface area contributed by atoms with E-state index in [0.29, 0.717) is 18.5 Å². The van der Waals surface area contributed by atoms with Crippen LogP contribution in [0, 0.1) is 5.92 Å². The summed E-state index contributed by atoms with van der Waals surface area (Å²) >= 11 is 0. The molecular weight excluding hydrogens is 210 g/mol. The van der Waals surface area contributed by atoms with E-state index < -0.39 is 0 Å². The van der Waals surface area contributed by atoms with E-state index in [2.05, 4.69) is 10.2 Å². The molecular formula is C9H15N5O2. The van der Waals surface area contributed by atoms with Crippen LogP contribution in [0.2, 0.25) is 0 Å². The highest BCUT2D eigenvalue weighted by atomic mass is 16.4. The van der Waals surface area contributed by atoms with Crippen LogP contribution >= 0.6 is 0 Å². The number of primary amides is 1. The van der Waals surface area contributed by atoms with Gasteiger partial charge in [-0.1, -0.05) is 5.10 Å². The third-order valence-electron chi connectivity index (χ3n) is 2.73. The molecule has 0 saturated carbocycles. The number of carbonyl (C=O) groups excluding carboxylic acids is 1. The average molecular weight is 225 g/mol. The van der Waals surface area contributed by atoms with Crippen LogP contribution in [0.4, 0.5) is 6.01 Å². The van der Waals surface area contributed by atoms with Gasteiger partial charge in [0, 0.05) is 13.1 Å². The van der Waals surface area contributed by atoms with Crippen molar-refractivity contribution in [1.29, 1.82) is 0 Å². The largest absolute Gasteiger partial charge is 0.407 e. The molecule has 0 aliphatic carbocycles. The summed E-state index contributed by atoms with van der Waals surface area (Å²) in [7, 11) is 0. The number of nitrogens with two attached hydrogens (primary N) is 2. The maximum atomic E-state index is 11.1. The molecule has 1 aromatic heterocycles. The summed E-state index contributed by atoms with van der Waals surface area (Å²) in [4.78, 5) is 13.0. The normalized spacial score (nSPS) is 21.1. The Kier molecular flexibility index (Phi) is 3.04. The summed E-state index contributed by atoms with van der Waals surface area (Å²) in [6.07, 6.45) is 1.72. The number of anilines is 1. The van der Waals surface area contributed by atoms with Crippen LogP contribution in [0.15, 0.2) is 4.42 Å². The Morgan fingerprint density at radius 3 is 3.00 bits per heavy atom. The zero-order chi connectivity index (χ0) is 11.5. The molecule has 1 saturated heterocycles. The van der Waals surface area contributed by atoms with Crippen LogP contribution in [0.25, 0.3) is 0 Å². The molecule has 0 aromatic carbocycles. The smallest absolute Gasteiger partial charge is 0.318 e. The summed E-state index contributed by atoms with van der Waals surface area (Å²) < 4.78 is 5.33. The SMILES string of the molecule is NCc1nnc(N2CCCC(C(N)=O)C2)o1. The molecule has 1 aliphatic heterocycles. The fourth-order valence-corrected chi connectivity index (χ4v) is 1.84. The Balaban J connectivity index is 2.06. The van der Waals surface area contributed by atoms with Crippen LogP contribution in [-0.2, 0) is 11.3 Å². The van der Waals surface area contributed by atoms with Gasteiger partial charge in [-0.3, -0.25) is 4.79 Å². The maximum Gasteiger partial charge on any atom is 0.318 e. The van der Waals surface area contributed by atoms with E-state index in [9.17, 15) is 4.79 Å². The summed E-state index contributed by atoms with van der Waals surface area (Å²) in [6, 6.07) is 0.423. The highest BCUT2D eigenvalue weighted by Crippen LogP contribution is 2.21. The highest BCUT2D eigenvalue weighted by Gasteiger charge is 2.26. The van der Waals surface area contributed by atoms with E-state index in [4.69, 9.17) is 15.9 Å². The first-order valence-corrected chi connectivity index (χ1v) is 5.27. The monoisotopic (exact) mass is 225 g/mol. The minimum Gasteiger partial charge on any atom is -0.407 e. The van der Waals surface area contributed by atoms with Gasteiger partial charge in [-0.25, -0.2) is 0 Å². The zero-order valence-electron chi connectivity index (χ0n) is 8.93. The number of rotatable bonds is 3. The van der Waals surface area contributed by atoms with Gasteiger partial charge in [-0.2, -0.15) is 0 Å². The van der Waals surface area contributed by atoms with E-state index in [1.807, 2.05) is 4.90 Å². The van der Waals surface area contributed by atoms with Gasteiger partial charge in [0.05, 0.1) is 12.5 Å². The number of hydrogen-bond donors (Lipinski definition) is 2. The van der Waals surface area contributed by atoms with Gasteiger partial charge < -0.3 is 20.8 Å². The Labute approximate surface area is 92.8 Å². The van der Waals surface area contributed by atoms with Gasteiger partial charge in [-0.15, -0.1) is 5.10 Å². The molecule has 1 aromatic rings. The number of piperidine rings is 1. The first-order chi connectivity index (χ1) is 7.70. The van der Waals surface area contributed by atoms with Crippen molar-refractivity contribution in [3.05, 3.63) is 5.89 Å². The third kappa shape index (κ3) is 2.13. The molecule has 1 fully saturated rings. The molecule has 7 nitrogen and oxygen atoms in total. The van der Waals surface area contributed by atoms with Crippen molar-refractivity contribution in [2.75, 3.05) is 18.0 Å². The lowest BCUT2D eigenvalue weighted by Gasteiger charge is -2.29. The number of nitrogens with zero attached hydrogens (tertiary/aromatic N) is 3. The Morgan fingerprint density at radius 1 is 1.56 bits per heavy atom. The highest BCUT2D eigenvalue weighted by molar-refractivity contribution is 5.77. The molecule has 88 valence electrons. The molecule has 2 rings (SSSR count). The molecule has 0 radical (unpaired) electrons. The Morgan fingerprint density at radius 2 is 2.38 bits per heavy atom. The van der Waals surface area contributed by atoms with Crippen molar-refractivity contribution in [2.24, 2.45) is 17.4 Å². The molecule has 0 spiro atoms. The number of carbonyl (C=O) groups is 1. The number of aromatic nitrogens is 2. The molecule has 16 heavy (non-hydrogen) atoms. The third-order valence-corrected chi connectivity index (χ3v) is 2.73. The lowest BCUT2D eigenvalue weighted by Crippen LogP contribution is -2.41.